The molecule has 0 radical (unpaired) electrons. The first-order chi connectivity index (χ1) is 18.9. The molecule has 5 rings (SSSR count). The minimum absolute atomic E-state index is 0.0668. The van der Waals surface area contributed by atoms with Crippen molar-refractivity contribution in [2.45, 2.75) is 19.6 Å². The Morgan fingerprint density at radius 2 is 1.82 bits per heavy atom. The molecule has 0 fully saturated rings. The van der Waals surface area contributed by atoms with Crippen LogP contribution < -0.4 is 14.8 Å². The molecule has 8 nitrogen and oxygen atoms in total. The second-order valence-electron chi connectivity index (χ2n) is 9.38. The van der Waals surface area contributed by atoms with Crippen molar-refractivity contribution in [1.82, 2.24) is 15.2 Å². The minimum atomic E-state index is -0.407. The topological polar surface area (TPSA) is 101 Å². The van der Waals surface area contributed by atoms with Crippen LogP contribution in [-0.4, -0.2) is 54.1 Å². The number of pyridine rings is 1. The van der Waals surface area contributed by atoms with E-state index in [4.69, 9.17) is 9.47 Å². The first-order valence-corrected chi connectivity index (χ1v) is 12.5. The van der Waals surface area contributed by atoms with Gasteiger partial charge in [-0.3, -0.25) is 14.6 Å². The molecule has 3 aromatic carbocycles. The molecule has 0 bridgehead atoms. The molecule has 0 unspecified atom stereocenters. The Morgan fingerprint density at radius 1 is 1.10 bits per heavy atom. The zero-order chi connectivity index (χ0) is 27.5. The summed E-state index contributed by atoms with van der Waals surface area (Å²) in [4.78, 5) is 32.9. The van der Waals surface area contributed by atoms with Crippen molar-refractivity contribution in [1.29, 1.82) is 0 Å². The number of aliphatic hydroxyl groups excluding tert-OH is 1. The Kier molecular flexibility index (Phi) is 7.42. The third kappa shape index (κ3) is 5.26. The number of carbonyl (C=O) groups excluding carboxylic acids is 2. The zero-order valence-electron chi connectivity index (χ0n) is 21.7. The van der Waals surface area contributed by atoms with E-state index >= 15 is 0 Å². The number of hydrogen-bond donors (Lipinski definition) is 2. The van der Waals surface area contributed by atoms with Crippen molar-refractivity contribution in [2.75, 3.05) is 27.3 Å². The van der Waals surface area contributed by atoms with Crippen LogP contribution in [0, 0.1) is 5.82 Å². The van der Waals surface area contributed by atoms with Crippen molar-refractivity contribution in [3.8, 4) is 11.5 Å². The number of nitrogens with one attached hydrogen (secondary N) is 1. The van der Waals surface area contributed by atoms with E-state index in [0.717, 1.165) is 22.4 Å². The van der Waals surface area contributed by atoms with Crippen LogP contribution in [-0.2, 0) is 19.6 Å². The van der Waals surface area contributed by atoms with Gasteiger partial charge in [0.15, 0.2) is 5.75 Å². The number of nitrogens with zero attached hydrogens (tertiary/aromatic N) is 2. The van der Waals surface area contributed by atoms with Crippen LogP contribution in [0.15, 0.2) is 60.8 Å². The molecule has 1 aromatic heterocycles. The quantitative estimate of drug-likeness (QED) is 0.342. The number of hydrogen-bond acceptors (Lipinski definition) is 6. The molecule has 0 saturated carbocycles. The lowest BCUT2D eigenvalue weighted by Crippen LogP contribution is -2.28. The summed E-state index contributed by atoms with van der Waals surface area (Å²) in [6, 6.07) is 15.5. The molecule has 2 N–H and O–H groups in total. The van der Waals surface area contributed by atoms with E-state index in [9.17, 15) is 19.1 Å². The number of methoxy groups -OCH3 is 1. The fraction of sp³-hybridized carbons (Fsp3) is 0.233. The lowest BCUT2D eigenvalue weighted by Gasteiger charge is -2.17. The average Bonchev–Trinajstić information content (AvgIpc) is 3.24. The predicted molar refractivity (Wildman–Crippen MR) is 143 cm³/mol. The third-order valence-corrected chi connectivity index (χ3v) is 6.70. The second kappa shape index (κ2) is 11.1. The Bertz CT molecular complexity index is 1540. The molecule has 2 amide bonds. The van der Waals surface area contributed by atoms with Crippen molar-refractivity contribution >= 4 is 22.7 Å². The molecule has 200 valence electrons. The van der Waals surface area contributed by atoms with E-state index in [1.54, 1.807) is 32.5 Å². The zero-order valence-corrected chi connectivity index (χ0v) is 21.7. The molecule has 4 aromatic rings. The van der Waals surface area contributed by atoms with Crippen LogP contribution in [0.1, 0.15) is 43.0 Å². The molecule has 9 heteroatoms. The van der Waals surface area contributed by atoms with E-state index in [0.29, 0.717) is 39.8 Å². The molecule has 0 saturated heterocycles. The normalized spacial score (nSPS) is 12.5. The first kappa shape index (κ1) is 26.1. The highest BCUT2D eigenvalue weighted by atomic mass is 19.1. The van der Waals surface area contributed by atoms with Gasteiger partial charge in [-0.1, -0.05) is 24.3 Å². The molecule has 0 atom stereocenters. The lowest BCUT2D eigenvalue weighted by atomic mass is 9.94. The summed E-state index contributed by atoms with van der Waals surface area (Å²) >= 11 is 0. The number of rotatable bonds is 9. The highest BCUT2D eigenvalue weighted by molar-refractivity contribution is 6.16. The largest absolute Gasteiger partial charge is 0.497 e. The van der Waals surface area contributed by atoms with Crippen LogP contribution >= 0.6 is 0 Å². The van der Waals surface area contributed by atoms with Gasteiger partial charge in [0.2, 0.25) is 0 Å². The molecule has 39 heavy (non-hydrogen) atoms. The van der Waals surface area contributed by atoms with Gasteiger partial charge >= 0.3 is 0 Å². The number of aromatic nitrogens is 1. The molecule has 1 aliphatic rings. The van der Waals surface area contributed by atoms with Crippen LogP contribution in [0.5, 0.6) is 11.5 Å². The van der Waals surface area contributed by atoms with Gasteiger partial charge in [0, 0.05) is 37.3 Å². The van der Waals surface area contributed by atoms with E-state index in [2.05, 4.69) is 10.3 Å². The Morgan fingerprint density at radius 3 is 2.51 bits per heavy atom. The smallest absolute Gasteiger partial charge is 0.258 e. The predicted octanol–water partition coefficient (Wildman–Crippen LogP) is 3.86. The third-order valence-electron chi connectivity index (χ3n) is 6.70. The summed E-state index contributed by atoms with van der Waals surface area (Å²) in [5, 5.41) is 12.6. The Balaban J connectivity index is 1.64. The van der Waals surface area contributed by atoms with E-state index in [1.807, 2.05) is 30.3 Å². The molecule has 2 heterocycles. The van der Waals surface area contributed by atoms with Crippen LogP contribution in [0.4, 0.5) is 4.39 Å². The van der Waals surface area contributed by atoms with E-state index in [1.165, 1.54) is 17.0 Å². The summed E-state index contributed by atoms with van der Waals surface area (Å²) in [6.45, 7) is 0.254. The number of ether oxygens (including phenoxy) is 2. The maximum atomic E-state index is 13.4. The minimum Gasteiger partial charge on any atom is -0.497 e. The van der Waals surface area contributed by atoms with Crippen LogP contribution in [0.3, 0.4) is 0 Å². The Hall–Kier alpha value is -4.50. The second-order valence-corrected chi connectivity index (χ2v) is 9.38. The average molecular weight is 530 g/mol. The summed E-state index contributed by atoms with van der Waals surface area (Å²) in [7, 11) is 3.26. The molecular formula is C30H28FN3O5. The van der Waals surface area contributed by atoms with Crippen molar-refractivity contribution in [2.24, 2.45) is 0 Å². The summed E-state index contributed by atoms with van der Waals surface area (Å²) < 4.78 is 24.9. The van der Waals surface area contributed by atoms with E-state index in [-0.39, 0.29) is 38.0 Å². The summed E-state index contributed by atoms with van der Waals surface area (Å²) in [5.74, 6) is 0.0507. The lowest BCUT2D eigenvalue weighted by molar-refractivity contribution is 0.0812. The van der Waals surface area contributed by atoms with E-state index < -0.39 is 5.91 Å². The highest BCUT2D eigenvalue weighted by Gasteiger charge is 2.36. The van der Waals surface area contributed by atoms with Gasteiger partial charge in [0.25, 0.3) is 11.8 Å². The SMILES string of the molecule is COc1ccc(COc2c3c(c(C(=O)NCCO)c4cc(Cc5ccc(F)cc5)cnc24)CN(C)C3=O)cc1. The van der Waals surface area contributed by atoms with Gasteiger partial charge in [0.1, 0.15) is 23.7 Å². The Labute approximate surface area is 225 Å². The van der Waals surface area contributed by atoms with Gasteiger partial charge in [-0.25, -0.2) is 4.39 Å². The van der Waals surface area contributed by atoms with Gasteiger partial charge in [-0.2, -0.15) is 0 Å². The number of halogens is 1. The van der Waals surface area contributed by atoms with Crippen molar-refractivity contribution in [3.05, 3.63) is 100.0 Å². The highest BCUT2D eigenvalue weighted by Crippen LogP contribution is 2.41. The fourth-order valence-corrected chi connectivity index (χ4v) is 4.78. The molecular weight excluding hydrogens is 501 g/mol. The summed E-state index contributed by atoms with van der Waals surface area (Å²) in [5.41, 5.74) is 4.15. The van der Waals surface area contributed by atoms with Gasteiger partial charge < -0.3 is 24.8 Å². The first-order valence-electron chi connectivity index (χ1n) is 12.5. The maximum absolute atomic E-state index is 13.4. The monoisotopic (exact) mass is 529 g/mol. The molecule has 0 spiro atoms. The van der Waals surface area contributed by atoms with Gasteiger partial charge in [0.05, 0.1) is 24.8 Å². The number of amides is 2. The van der Waals surface area contributed by atoms with Gasteiger partial charge in [-0.05, 0) is 53.4 Å². The van der Waals surface area contributed by atoms with Crippen LogP contribution in [0.2, 0.25) is 0 Å². The van der Waals surface area contributed by atoms with Crippen molar-refractivity contribution < 1.29 is 28.6 Å². The molecule has 0 aliphatic carbocycles. The molecule has 1 aliphatic heterocycles. The number of fused-ring (bicyclic) bond motifs is 2. The fourth-order valence-electron chi connectivity index (χ4n) is 4.78. The standard InChI is InChI=1S/C30H28FN3O5/c1-34-16-24-25(29(36)32-11-12-35)23-14-20(13-18-3-7-21(31)8-4-18)15-33-27(23)28(26(24)30(34)37)39-17-19-5-9-22(38-2)10-6-19/h3-10,14-15,35H,11-13,16-17H2,1-2H3,(H,32,36). The number of aliphatic hydroxyl groups is 1. The number of benzene rings is 3. The van der Waals surface area contributed by atoms with Crippen LogP contribution in [0.25, 0.3) is 10.9 Å². The summed E-state index contributed by atoms with van der Waals surface area (Å²) in [6.07, 6.45) is 2.15. The maximum Gasteiger partial charge on any atom is 0.258 e. The number of carbonyl (C=O) groups is 2. The van der Waals surface area contributed by atoms with Gasteiger partial charge in [-0.15, -0.1) is 0 Å². The van der Waals surface area contributed by atoms with Crippen molar-refractivity contribution in [3.63, 3.8) is 0 Å².